The van der Waals surface area contributed by atoms with Crippen LogP contribution in [0.3, 0.4) is 0 Å². The summed E-state index contributed by atoms with van der Waals surface area (Å²) in [5.74, 6) is 1.39. The second kappa shape index (κ2) is 6.08. The molecule has 0 aliphatic heterocycles. The van der Waals surface area contributed by atoms with Crippen molar-refractivity contribution in [3.63, 3.8) is 0 Å². The van der Waals surface area contributed by atoms with Crippen molar-refractivity contribution >= 4 is 15.9 Å². The Labute approximate surface area is 103 Å². The normalized spacial score (nSPS) is 12.3. The minimum Gasteiger partial charge on any atom is -0.496 e. The van der Waals surface area contributed by atoms with E-state index in [9.17, 15) is 0 Å². The number of rotatable bonds is 5. The average molecular weight is 290 g/mol. The van der Waals surface area contributed by atoms with Crippen LogP contribution < -0.4 is 15.2 Å². The predicted molar refractivity (Wildman–Crippen MR) is 65.9 cm³/mol. The zero-order valence-corrected chi connectivity index (χ0v) is 11.0. The zero-order chi connectivity index (χ0) is 12.1. The summed E-state index contributed by atoms with van der Waals surface area (Å²) in [6.07, 6.45) is 0.487. The van der Waals surface area contributed by atoms with Gasteiger partial charge < -0.3 is 20.3 Å². The van der Waals surface area contributed by atoms with Crippen LogP contribution in [0.2, 0.25) is 0 Å². The Morgan fingerprint density at radius 2 is 1.94 bits per heavy atom. The molecule has 0 heterocycles. The molecule has 3 N–H and O–H groups in total. The number of aliphatic hydroxyl groups excluding tert-OH is 1. The van der Waals surface area contributed by atoms with Crippen LogP contribution in [0.5, 0.6) is 11.5 Å². The van der Waals surface area contributed by atoms with Gasteiger partial charge in [0.25, 0.3) is 0 Å². The van der Waals surface area contributed by atoms with E-state index in [1.165, 1.54) is 0 Å². The van der Waals surface area contributed by atoms with Crippen LogP contribution in [-0.4, -0.2) is 25.9 Å². The van der Waals surface area contributed by atoms with Crippen LogP contribution in [0, 0.1) is 0 Å². The van der Waals surface area contributed by atoms with Crippen LogP contribution in [0.1, 0.15) is 18.0 Å². The van der Waals surface area contributed by atoms with Crippen molar-refractivity contribution in [1.82, 2.24) is 0 Å². The number of hydrogen-bond donors (Lipinski definition) is 2. The van der Waals surface area contributed by atoms with Crippen LogP contribution in [0.25, 0.3) is 0 Å². The Bertz CT molecular complexity index is 357. The predicted octanol–water partition coefficient (Wildman–Crippen LogP) is 1.85. The van der Waals surface area contributed by atoms with Gasteiger partial charge in [0.15, 0.2) is 0 Å². The van der Waals surface area contributed by atoms with E-state index in [0.29, 0.717) is 17.9 Å². The van der Waals surface area contributed by atoms with Crippen molar-refractivity contribution in [3.8, 4) is 11.5 Å². The molecule has 5 heteroatoms. The smallest absolute Gasteiger partial charge is 0.133 e. The molecule has 4 nitrogen and oxygen atoms in total. The Hall–Kier alpha value is -0.780. The Kier molecular flexibility index (Phi) is 5.05. The summed E-state index contributed by atoms with van der Waals surface area (Å²) in [5.41, 5.74) is 6.77. The number of hydrogen-bond acceptors (Lipinski definition) is 4. The first-order valence-corrected chi connectivity index (χ1v) is 5.71. The number of nitrogens with two attached hydrogens (primary N) is 1. The highest BCUT2D eigenvalue weighted by atomic mass is 79.9. The molecule has 0 unspecified atom stereocenters. The summed E-state index contributed by atoms with van der Waals surface area (Å²) in [6.45, 7) is 0.0443. The van der Waals surface area contributed by atoms with E-state index in [1.807, 2.05) is 12.1 Å². The van der Waals surface area contributed by atoms with Gasteiger partial charge in [0.05, 0.1) is 18.7 Å². The van der Waals surface area contributed by atoms with Gasteiger partial charge in [-0.05, 0) is 34.5 Å². The third-order valence-electron chi connectivity index (χ3n) is 2.34. The Morgan fingerprint density at radius 3 is 2.44 bits per heavy atom. The monoisotopic (exact) mass is 289 g/mol. The highest BCUT2D eigenvalue weighted by Gasteiger charge is 2.15. The van der Waals surface area contributed by atoms with Crippen molar-refractivity contribution in [3.05, 3.63) is 22.2 Å². The molecule has 0 saturated carbocycles. The molecule has 1 aromatic carbocycles. The van der Waals surface area contributed by atoms with Gasteiger partial charge in [0.2, 0.25) is 0 Å². The maximum Gasteiger partial charge on any atom is 0.133 e. The first-order chi connectivity index (χ1) is 7.63. The molecular formula is C11H16BrNO3. The minimum absolute atomic E-state index is 0.0443. The number of halogens is 1. The summed E-state index contributed by atoms with van der Waals surface area (Å²) in [7, 11) is 3.18. The van der Waals surface area contributed by atoms with E-state index in [-0.39, 0.29) is 12.6 Å². The molecule has 0 saturated heterocycles. The van der Waals surface area contributed by atoms with Gasteiger partial charge in [0, 0.05) is 18.2 Å². The molecule has 0 amide bonds. The topological polar surface area (TPSA) is 64.7 Å². The lowest BCUT2D eigenvalue weighted by atomic mass is 10.0. The maximum atomic E-state index is 8.88. The minimum atomic E-state index is -0.262. The fourth-order valence-electron chi connectivity index (χ4n) is 1.47. The molecule has 0 aromatic heterocycles. The summed E-state index contributed by atoms with van der Waals surface area (Å²) in [6, 6.07) is 3.37. The second-order valence-corrected chi connectivity index (χ2v) is 4.20. The third-order valence-corrected chi connectivity index (χ3v) is 2.96. The molecule has 0 aliphatic carbocycles. The number of benzene rings is 1. The Balaban J connectivity index is 3.13. The molecule has 1 atom stereocenters. The van der Waals surface area contributed by atoms with Gasteiger partial charge in [-0.25, -0.2) is 0 Å². The molecule has 0 radical (unpaired) electrons. The van der Waals surface area contributed by atoms with Crippen LogP contribution in [-0.2, 0) is 0 Å². The van der Waals surface area contributed by atoms with Gasteiger partial charge in [-0.1, -0.05) is 0 Å². The van der Waals surface area contributed by atoms with Crippen LogP contribution in [0.4, 0.5) is 0 Å². The lowest BCUT2D eigenvalue weighted by Gasteiger charge is -2.16. The fourth-order valence-corrected chi connectivity index (χ4v) is 1.95. The highest BCUT2D eigenvalue weighted by molar-refractivity contribution is 9.10. The van der Waals surface area contributed by atoms with Crippen LogP contribution in [0.15, 0.2) is 16.6 Å². The molecule has 1 rings (SSSR count). The second-order valence-electron chi connectivity index (χ2n) is 3.35. The van der Waals surface area contributed by atoms with E-state index < -0.39 is 0 Å². The lowest BCUT2D eigenvalue weighted by molar-refractivity contribution is 0.275. The summed E-state index contributed by atoms with van der Waals surface area (Å²) >= 11 is 3.38. The molecular weight excluding hydrogens is 274 g/mol. The fraction of sp³-hybridized carbons (Fsp3) is 0.455. The van der Waals surface area contributed by atoms with Gasteiger partial charge >= 0.3 is 0 Å². The summed E-state index contributed by atoms with van der Waals surface area (Å²) in [4.78, 5) is 0. The lowest BCUT2D eigenvalue weighted by Crippen LogP contribution is -2.13. The number of methoxy groups -OCH3 is 2. The first kappa shape index (κ1) is 13.3. The molecule has 0 fully saturated rings. The van der Waals surface area contributed by atoms with Gasteiger partial charge in [-0.15, -0.1) is 0 Å². The highest BCUT2D eigenvalue weighted by Crippen LogP contribution is 2.35. The van der Waals surface area contributed by atoms with Crippen molar-refractivity contribution in [2.24, 2.45) is 5.73 Å². The summed E-state index contributed by atoms with van der Waals surface area (Å²) in [5, 5.41) is 8.88. The number of aliphatic hydroxyl groups is 1. The van der Waals surface area contributed by atoms with Crippen molar-refractivity contribution < 1.29 is 14.6 Å². The molecule has 0 spiro atoms. The van der Waals surface area contributed by atoms with Crippen LogP contribution >= 0.6 is 15.9 Å². The molecule has 1 aromatic rings. The van der Waals surface area contributed by atoms with Crippen molar-refractivity contribution in [2.45, 2.75) is 12.5 Å². The van der Waals surface area contributed by atoms with Gasteiger partial charge in [0.1, 0.15) is 11.5 Å². The van der Waals surface area contributed by atoms with Gasteiger partial charge in [-0.3, -0.25) is 0 Å². The average Bonchev–Trinajstić information content (AvgIpc) is 2.28. The third kappa shape index (κ3) is 2.87. The molecule has 90 valence electrons. The van der Waals surface area contributed by atoms with Gasteiger partial charge in [-0.2, -0.15) is 0 Å². The first-order valence-electron chi connectivity index (χ1n) is 4.91. The van der Waals surface area contributed by atoms with Crippen molar-refractivity contribution in [1.29, 1.82) is 0 Å². The Morgan fingerprint density at radius 1 is 1.31 bits per heavy atom. The van der Waals surface area contributed by atoms with E-state index in [2.05, 4.69) is 15.9 Å². The number of ether oxygens (including phenoxy) is 2. The SMILES string of the molecule is COc1cc([C@@H](N)CCO)c(OC)cc1Br. The maximum absolute atomic E-state index is 8.88. The zero-order valence-electron chi connectivity index (χ0n) is 9.37. The van der Waals surface area contributed by atoms with E-state index in [4.69, 9.17) is 20.3 Å². The molecule has 0 aliphatic rings. The molecule has 16 heavy (non-hydrogen) atoms. The van der Waals surface area contributed by atoms with E-state index >= 15 is 0 Å². The largest absolute Gasteiger partial charge is 0.496 e. The van der Waals surface area contributed by atoms with Crippen molar-refractivity contribution in [2.75, 3.05) is 20.8 Å². The quantitative estimate of drug-likeness (QED) is 0.868. The standard InChI is InChI=1S/C11H16BrNO3/c1-15-10-6-8(12)11(16-2)5-7(10)9(13)3-4-14/h5-6,9,14H,3-4,13H2,1-2H3/t9-/m0/s1. The van der Waals surface area contributed by atoms with E-state index in [0.717, 1.165) is 10.0 Å². The summed E-state index contributed by atoms with van der Waals surface area (Å²) < 4.78 is 11.3. The van der Waals surface area contributed by atoms with E-state index in [1.54, 1.807) is 14.2 Å². The molecule has 0 bridgehead atoms.